The number of rotatable bonds is 7. The van der Waals surface area contributed by atoms with Crippen molar-refractivity contribution in [3.8, 4) is 0 Å². The predicted octanol–water partition coefficient (Wildman–Crippen LogP) is 5.33. The Bertz CT molecular complexity index is 912. The molecular formula is C22H31N5. The highest BCUT2D eigenvalue weighted by molar-refractivity contribution is 5.72. The molecule has 0 bridgehead atoms. The van der Waals surface area contributed by atoms with Crippen molar-refractivity contribution in [3.63, 3.8) is 0 Å². The third-order valence-corrected chi connectivity index (χ3v) is 4.95. The number of hydrogen-bond donors (Lipinski definition) is 1. The van der Waals surface area contributed by atoms with E-state index in [9.17, 15) is 0 Å². The maximum atomic E-state index is 4.86. The Hall–Kier alpha value is -2.56. The smallest absolute Gasteiger partial charge is 0.159 e. The quantitative estimate of drug-likeness (QED) is 0.614. The monoisotopic (exact) mass is 365 g/mol. The van der Waals surface area contributed by atoms with Crippen LogP contribution in [0, 0.1) is 27.7 Å². The molecule has 0 fully saturated rings. The summed E-state index contributed by atoms with van der Waals surface area (Å²) >= 11 is 0. The number of aromatic nitrogens is 3. The Labute approximate surface area is 162 Å². The zero-order valence-corrected chi connectivity index (χ0v) is 17.4. The first-order chi connectivity index (χ1) is 13.0. The second-order valence-electron chi connectivity index (χ2n) is 7.40. The van der Waals surface area contributed by atoms with Gasteiger partial charge in [0.25, 0.3) is 0 Å². The van der Waals surface area contributed by atoms with Crippen molar-refractivity contribution in [3.05, 3.63) is 46.6 Å². The van der Waals surface area contributed by atoms with E-state index >= 15 is 0 Å². The van der Waals surface area contributed by atoms with Crippen LogP contribution >= 0.6 is 0 Å². The average Bonchev–Trinajstić information content (AvgIpc) is 3.06. The minimum absolute atomic E-state index is 0.873. The Morgan fingerprint density at radius 3 is 2.22 bits per heavy atom. The molecule has 0 aliphatic heterocycles. The van der Waals surface area contributed by atoms with E-state index in [4.69, 9.17) is 4.98 Å². The van der Waals surface area contributed by atoms with Crippen molar-refractivity contribution in [2.24, 2.45) is 0 Å². The molecule has 0 saturated carbocycles. The fourth-order valence-electron chi connectivity index (χ4n) is 3.86. The van der Waals surface area contributed by atoms with Crippen LogP contribution in [0.25, 0.3) is 5.65 Å². The molecule has 2 heterocycles. The van der Waals surface area contributed by atoms with E-state index in [-0.39, 0.29) is 0 Å². The van der Waals surface area contributed by atoms with Gasteiger partial charge < -0.3 is 10.2 Å². The van der Waals surface area contributed by atoms with Crippen LogP contribution in [0.15, 0.2) is 24.4 Å². The van der Waals surface area contributed by atoms with Gasteiger partial charge in [-0.15, -0.1) is 0 Å². The molecule has 0 aliphatic carbocycles. The molecule has 0 atom stereocenters. The second kappa shape index (κ2) is 7.99. The van der Waals surface area contributed by atoms with Gasteiger partial charge in [0.05, 0.1) is 6.20 Å². The highest BCUT2D eigenvalue weighted by Crippen LogP contribution is 2.31. The molecule has 0 saturated heterocycles. The average molecular weight is 366 g/mol. The number of nitrogens with one attached hydrogen (secondary N) is 1. The van der Waals surface area contributed by atoms with E-state index in [1.54, 1.807) is 0 Å². The first-order valence-electron chi connectivity index (χ1n) is 9.90. The van der Waals surface area contributed by atoms with E-state index in [0.29, 0.717) is 0 Å². The van der Waals surface area contributed by atoms with Gasteiger partial charge in [-0.2, -0.15) is 9.61 Å². The number of benzene rings is 1. The summed E-state index contributed by atoms with van der Waals surface area (Å²) in [6.45, 7) is 15.0. The highest BCUT2D eigenvalue weighted by Gasteiger charge is 2.18. The van der Waals surface area contributed by atoms with Gasteiger partial charge in [-0.1, -0.05) is 31.5 Å². The molecule has 3 aromatic rings. The van der Waals surface area contributed by atoms with Crippen LogP contribution in [-0.4, -0.2) is 27.7 Å². The third kappa shape index (κ3) is 3.77. The van der Waals surface area contributed by atoms with E-state index < -0.39 is 0 Å². The number of nitrogens with zero attached hydrogens (tertiary/aromatic N) is 4. The lowest BCUT2D eigenvalue weighted by Gasteiger charge is -2.27. The van der Waals surface area contributed by atoms with Crippen LogP contribution in [0.4, 0.5) is 17.3 Å². The van der Waals surface area contributed by atoms with Gasteiger partial charge in [0.2, 0.25) is 0 Å². The lowest BCUT2D eigenvalue weighted by molar-refractivity contribution is 0.712. The Morgan fingerprint density at radius 2 is 1.63 bits per heavy atom. The molecule has 5 nitrogen and oxygen atoms in total. The molecule has 27 heavy (non-hydrogen) atoms. The molecule has 5 heteroatoms. The summed E-state index contributed by atoms with van der Waals surface area (Å²) in [5, 5.41) is 8.16. The van der Waals surface area contributed by atoms with E-state index in [0.717, 1.165) is 54.5 Å². The van der Waals surface area contributed by atoms with Crippen molar-refractivity contribution in [1.82, 2.24) is 14.6 Å². The molecular weight excluding hydrogens is 334 g/mol. The lowest BCUT2D eigenvalue weighted by atomic mass is 10.0. The van der Waals surface area contributed by atoms with Gasteiger partial charge in [0, 0.05) is 30.4 Å². The van der Waals surface area contributed by atoms with Crippen molar-refractivity contribution in [1.29, 1.82) is 0 Å². The molecule has 2 aromatic heterocycles. The summed E-state index contributed by atoms with van der Waals surface area (Å²) in [6, 6.07) is 6.39. The molecule has 0 aliphatic rings. The number of anilines is 3. The SMILES string of the molecule is CCCN(CCC)c1c(C)c(Nc2c(C)cc(C)cc2C)nc2ccnn12. The molecule has 0 spiro atoms. The normalized spacial score (nSPS) is 11.2. The number of hydrogen-bond acceptors (Lipinski definition) is 4. The summed E-state index contributed by atoms with van der Waals surface area (Å²) in [5.41, 5.74) is 6.91. The Morgan fingerprint density at radius 1 is 1.00 bits per heavy atom. The van der Waals surface area contributed by atoms with Gasteiger partial charge in [0.1, 0.15) is 11.6 Å². The summed E-state index contributed by atoms with van der Waals surface area (Å²) in [7, 11) is 0. The van der Waals surface area contributed by atoms with Gasteiger partial charge in [-0.25, -0.2) is 4.98 Å². The van der Waals surface area contributed by atoms with Crippen LogP contribution in [0.1, 0.15) is 48.9 Å². The molecule has 3 rings (SSSR count). The fraction of sp³-hybridized carbons (Fsp3) is 0.455. The van der Waals surface area contributed by atoms with Gasteiger partial charge in [-0.05, 0) is 51.7 Å². The second-order valence-corrected chi connectivity index (χ2v) is 7.40. The number of aryl methyl sites for hydroxylation is 3. The summed E-state index contributed by atoms with van der Waals surface area (Å²) in [4.78, 5) is 7.29. The predicted molar refractivity (Wildman–Crippen MR) is 114 cm³/mol. The first kappa shape index (κ1) is 19.2. The zero-order chi connectivity index (χ0) is 19.6. The van der Waals surface area contributed by atoms with E-state index in [2.05, 4.69) is 69.0 Å². The fourth-order valence-corrected chi connectivity index (χ4v) is 3.86. The standard InChI is InChI=1S/C22H31N5/c1-7-11-26(12-8-2)22-18(6)21(24-19-9-10-23-27(19)22)25-20-16(4)13-15(3)14-17(20)5/h9-10,13-14H,7-8,11-12H2,1-6H3,(H,24,25). The van der Waals surface area contributed by atoms with Gasteiger partial charge in [0.15, 0.2) is 5.65 Å². The Balaban J connectivity index is 2.13. The van der Waals surface area contributed by atoms with Crippen LogP contribution in [-0.2, 0) is 0 Å². The number of fused-ring (bicyclic) bond motifs is 1. The van der Waals surface area contributed by atoms with E-state index in [1.807, 2.05) is 16.8 Å². The van der Waals surface area contributed by atoms with Gasteiger partial charge in [-0.3, -0.25) is 0 Å². The molecule has 0 unspecified atom stereocenters. The molecule has 144 valence electrons. The van der Waals surface area contributed by atoms with E-state index in [1.165, 1.54) is 16.7 Å². The highest BCUT2D eigenvalue weighted by atomic mass is 15.4. The van der Waals surface area contributed by atoms with Crippen molar-refractivity contribution in [2.45, 2.75) is 54.4 Å². The van der Waals surface area contributed by atoms with Gasteiger partial charge >= 0.3 is 0 Å². The minimum Gasteiger partial charge on any atom is -0.356 e. The largest absolute Gasteiger partial charge is 0.356 e. The maximum Gasteiger partial charge on any atom is 0.159 e. The summed E-state index contributed by atoms with van der Waals surface area (Å²) in [6.07, 6.45) is 4.03. The lowest BCUT2D eigenvalue weighted by Crippen LogP contribution is -2.28. The maximum absolute atomic E-state index is 4.86. The minimum atomic E-state index is 0.873. The topological polar surface area (TPSA) is 45.5 Å². The van der Waals surface area contributed by atoms with Crippen molar-refractivity contribution < 1.29 is 0 Å². The van der Waals surface area contributed by atoms with Crippen LogP contribution in [0.2, 0.25) is 0 Å². The van der Waals surface area contributed by atoms with Crippen molar-refractivity contribution >= 4 is 23.0 Å². The van der Waals surface area contributed by atoms with Crippen LogP contribution < -0.4 is 10.2 Å². The molecule has 1 aromatic carbocycles. The summed E-state index contributed by atoms with van der Waals surface area (Å²) < 4.78 is 1.97. The van der Waals surface area contributed by atoms with Crippen LogP contribution in [0.5, 0.6) is 0 Å². The first-order valence-corrected chi connectivity index (χ1v) is 9.90. The molecule has 0 amide bonds. The summed E-state index contributed by atoms with van der Waals surface area (Å²) in [5.74, 6) is 2.05. The third-order valence-electron chi connectivity index (χ3n) is 4.95. The molecule has 0 radical (unpaired) electrons. The zero-order valence-electron chi connectivity index (χ0n) is 17.4. The van der Waals surface area contributed by atoms with Crippen molar-refractivity contribution in [2.75, 3.05) is 23.3 Å². The van der Waals surface area contributed by atoms with Crippen LogP contribution in [0.3, 0.4) is 0 Å². The molecule has 1 N–H and O–H groups in total. The Kier molecular flexibility index (Phi) is 5.68.